The minimum absolute atomic E-state index is 0.129. The number of aryl methyl sites for hydroxylation is 1. The second-order valence-electron chi connectivity index (χ2n) is 6.40. The molecule has 0 spiro atoms. The second kappa shape index (κ2) is 7.19. The highest BCUT2D eigenvalue weighted by atomic mass is 16.3. The van der Waals surface area contributed by atoms with Crippen LogP contribution in [-0.2, 0) is 7.05 Å². The monoisotopic (exact) mass is 332 g/mol. The number of likely N-dealkylation sites (tertiary alicyclic amines) is 1. The number of imidazole rings is 1. The number of amides is 1. The summed E-state index contributed by atoms with van der Waals surface area (Å²) in [5.41, 5.74) is 1.81. The van der Waals surface area contributed by atoms with Gasteiger partial charge in [0.1, 0.15) is 0 Å². The Labute approximate surface area is 140 Å². The van der Waals surface area contributed by atoms with Gasteiger partial charge in [0.05, 0.1) is 17.1 Å². The average molecular weight is 332 g/mol. The SMILES string of the molecule is Cn1c(=O)[nH]c2cc(C(=O)NCCCN3CCC(O)CC3)ccc21. The normalized spacial score (nSPS) is 16.6. The number of nitrogens with zero attached hydrogens (tertiary/aromatic N) is 2. The molecule has 1 amide bonds. The molecule has 7 nitrogen and oxygen atoms in total. The molecule has 0 aliphatic carbocycles. The van der Waals surface area contributed by atoms with Gasteiger partial charge < -0.3 is 20.3 Å². The number of aliphatic hydroxyl groups is 1. The molecule has 130 valence electrons. The van der Waals surface area contributed by atoms with Crippen LogP contribution < -0.4 is 11.0 Å². The molecule has 1 aromatic heterocycles. The Bertz CT molecular complexity index is 772. The van der Waals surface area contributed by atoms with Crippen LogP contribution in [0.4, 0.5) is 0 Å². The van der Waals surface area contributed by atoms with E-state index in [-0.39, 0.29) is 17.7 Å². The van der Waals surface area contributed by atoms with Crippen LogP contribution in [0.2, 0.25) is 0 Å². The van der Waals surface area contributed by atoms with Gasteiger partial charge in [-0.25, -0.2) is 4.79 Å². The molecular formula is C17H24N4O3. The number of aromatic nitrogens is 2. The smallest absolute Gasteiger partial charge is 0.326 e. The number of hydrogen-bond acceptors (Lipinski definition) is 4. The van der Waals surface area contributed by atoms with Crippen molar-refractivity contribution in [1.82, 2.24) is 19.8 Å². The molecule has 0 atom stereocenters. The van der Waals surface area contributed by atoms with Gasteiger partial charge in [0.25, 0.3) is 5.91 Å². The largest absolute Gasteiger partial charge is 0.393 e. The Balaban J connectivity index is 1.49. The lowest BCUT2D eigenvalue weighted by Crippen LogP contribution is -2.37. The van der Waals surface area contributed by atoms with Crippen LogP contribution in [0.5, 0.6) is 0 Å². The number of benzene rings is 1. The lowest BCUT2D eigenvalue weighted by Gasteiger charge is -2.29. The molecule has 3 rings (SSSR count). The lowest BCUT2D eigenvalue weighted by atomic mass is 10.1. The van der Waals surface area contributed by atoms with Crippen molar-refractivity contribution in [1.29, 1.82) is 0 Å². The van der Waals surface area contributed by atoms with E-state index < -0.39 is 0 Å². The maximum absolute atomic E-state index is 12.2. The number of aromatic amines is 1. The van der Waals surface area contributed by atoms with E-state index in [1.807, 2.05) is 0 Å². The van der Waals surface area contributed by atoms with Crippen LogP contribution in [0.15, 0.2) is 23.0 Å². The minimum Gasteiger partial charge on any atom is -0.393 e. The van der Waals surface area contributed by atoms with E-state index in [2.05, 4.69) is 15.2 Å². The molecule has 3 N–H and O–H groups in total. The van der Waals surface area contributed by atoms with Crippen molar-refractivity contribution in [3.05, 3.63) is 34.2 Å². The fraction of sp³-hybridized carbons (Fsp3) is 0.529. The number of piperidine rings is 1. The van der Waals surface area contributed by atoms with Gasteiger partial charge in [0.15, 0.2) is 0 Å². The first-order valence-electron chi connectivity index (χ1n) is 8.42. The lowest BCUT2D eigenvalue weighted by molar-refractivity contribution is 0.0816. The molecule has 1 aromatic carbocycles. The second-order valence-corrected chi connectivity index (χ2v) is 6.40. The molecule has 2 heterocycles. The summed E-state index contributed by atoms with van der Waals surface area (Å²) < 4.78 is 1.52. The van der Waals surface area contributed by atoms with Crippen LogP contribution in [0, 0.1) is 0 Å². The molecule has 0 unspecified atom stereocenters. The maximum atomic E-state index is 12.2. The zero-order valence-electron chi connectivity index (χ0n) is 13.9. The van der Waals surface area contributed by atoms with Gasteiger partial charge in [0.2, 0.25) is 0 Å². The van der Waals surface area contributed by atoms with Gasteiger partial charge in [0, 0.05) is 32.2 Å². The minimum atomic E-state index is -0.186. The average Bonchev–Trinajstić information content (AvgIpc) is 2.87. The first kappa shape index (κ1) is 16.7. The highest BCUT2D eigenvalue weighted by molar-refractivity contribution is 5.97. The predicted molar refractivity (Wildman–Crippen MR) is 92.2 cm³/mol. The molecule has 7 heteroatoms. The van der Waals surface area contributed by atoms with E-state index in [4.69, 9.17) is 0 Å². The molecule has 24 heavy (non-hydrogen) atoms. The summed E-state index contributed by atoms with van der Waals surface area (Å²) >= 11 is 0. The van der Waals surface area contributed by atoms with E-state index in [9.17, 15) is 14.7 Å². The molecule has 0 saturated carbocycles. The van der Waals surface area contributed by atoms with E-state index in [1.54, 1.807) is 25.2 Å². The number of carbonyl (C=O) groups is 1. The van der Waals surface area contributed by atoms with Crippen molar-refractivity contribution in [2.45, 2.75) is 25.4 Å². The summed E-state index contributed by atoms with van der Waals surface area (Å²) in [6, 6.07) is 5.22. The fourth-order valence-corrected chi connectivity index (χ4v) is 3.13. The number of aliphatic hydroxyl groups excluding tert-OH is 1. The van der Waals surface area contributed by atoms with Gasteiger partial charge in [-0.2, -0.15) is 0 Å². The van der Waals surface area contributed by atoms with E-state index in [1.165, 1.54) is 4.57 Å². The van der Waals surface area contributed by atoms with Crippen LogP contribution in [0.3, 0.4) is 0 Å². The van der Waals surface area contributed by atoms with Crippen molar-refractivity contribution in [2.24, 2.45) is 7.05 Å². The van der Waals surface area contributed by atoms with Gasteiger partial charge in [-0.3, -0.25) is 9.36 Å². The Hall–Kier alpha value is -2.12. The zero-order chi connectivity index (χ0) is 17.1. The van der Waals surface area contributed by atoms with E-state index >= 15 is 0 Å². The van der Waals surface area contributed by atoms with Gasteiger partial charge in [-0.15, -0.1) is 0 Å². The van der Waals surface area contributed by atoms with E-state index in [0.717, 1.165) is 44.4 Å². The summed E-state index contributed by atoms with van der Waals surface area (Å²) in [4.78, 5) is 28.9. The van der Waals surface area contributed by atoms with Crippen molar-refractivity contribution in [3.8, 4) is 0 Å². The summed E-state index contributed by atoms with van der Waals surface area (Å²) in [5, 5.41) is 12.4. The molecule has 1 fully saturated rings. The molecule has 1 aliphatic heterocycles. The molecule has 1 aliphatic rings. The predicted octanol–water partition coefficient (Wildman–Crippen LogP) is 0.443. The van der Waals surface area contributed by atoms with Crippen LogP contribution in [0.25, 0.3) is 11.0 Å². The van der Waals surface area contributed by atoms with Crippen molar-refractivity contribution in [3.63, 3.8) is 0 Å². The Morgan fingerprint density at radius 2 is 2.12 bits per heavy atom. The van der Waals surface area contributed by atoms with Gasteiger partial charge >= 0.3 is 5.69 Å². The number of H-pyrrole nitrogens is 1. The molecular weight excluding hydrogens is 308 g/mol. The first-order chi connectivity index (χ1) is 11.5. The standard InChI is InChI=1S/C17H24N4O3/c1-20-15-4-3-12(11-14(15)19-17(20)24)16(23)18-7-2-8-21-9-5-13(22)6-10-21/h3-4,11,13,22H,2,5-10H2,1H3,(H,18,23)(H,19,24). The molecule has 2 aromatic rings. The summed E-state index contributed by atoms with van der Waals surface area (Å²) in [7, 11) is 1.69. The van der Waals surface area contributed by atoms with Crippen molar-refractivity contribution in [2.75, 3.05) is 26.2 Å². The highest BCUT2D eigenvalue weighted by Crippen LogP contribution is 2.12. The van der Waals surface area contributed by atoms with Crippen LogP contribution >= 0.6 is 0 Å². The van der Waals surface area contributed by atoms with Gasteiger partial charge in [-0.05, 0) is 44.0 Å². The topological polar surface area (TPSA) is 90.4 Å². The fourth-order valence-electron chi connectivity index (χ4n) is 3.13. The highest BCUT2D eigenvalue weighted by Gasteiger charge is 2.16. The number of nitrogens with one attached hydrogen (secondary N) is 2. The van der Waals surface area contributed by atoms with Crippen LogP contribution in [-0.4, -0.2) is 57.7 Å². The Morgan fingerprint density at radius 1 is 1.38 bits per heavy atom. The molecule has 0 radical (unpaired) electrons. The van der Waals surface area contributed by atoms with E-state index in [0.29, 0.717) is 17.6 Å². The Kier molecular flexibility index (Phi) is 5.01. The van der Waals surface area contributed by atoms with Crippen molar-refractivity contribution < 1.29 is 9.90 Å². The quantitative estimate of drug-likeness (QED) is 0.693. The third kappa shape index (κ3) is 3.68. The molecule has 1 saturated heterocycles. The number of carbonyl (C=O) groups excluding carboxylic acids is 1. The van der Waals surface area contributed by atoms with Crippen LogP contribution in [0.1, 0.15) is 29.6 Å². The summed E-state index contributed by atoms with van der Waals surface area (Å²) in [5.74, 6) is -0.129. The Morgan fingerprint density at radius 3 is 2.88 bits per heavy atom. The number of hydrogen-bond donors (Lipinski definition) is 3. The number of fused-ring (bicyclic) bond motifs is 1. The summed E-state index contributed by atoms with van der Waals surface area (Å²) in [6.07, 6.45) is 2.40. The third-order valence-corrected chi connectivity index (χ3v) is 4.66. The molecule has 0 bridgehead atoms. The van der Waals surface area contributed by atoms with Gasteiger partial charge in [-0.1, -0.05) is 0 Å². The maximum Gasteiger partial charge on any atom is 0.326 e. The zero-order valence-corrected chi connectivity index (χ0v) is 13.9. The van der Waals surface area contributed by atoms with Crippen molar-refractivity contribution >= 4 is 16.9 Å². The first-order valence-corrected chi connectivity index (χ1v) is 8.42. The number of rotatable bonds is 5. The third-order valence-electron chi connectivity index (χ3n) is 4.66. The summed E-state index contributed by atoms with van der Waals surface area (Å²) in [6.45, 7) is 3.39.